The molecular formula is C17H22N2O4S. The molecule has 2 aliphatic heterocycles. The van der Waals surface area contributed by atoms with Gasteiger partial charge < -0.3 is 9.84 Å². The van der Waals surface area contributed by atoms with Crippen LogP contribution in [0.3, 0.4) is 0 Å². The quantitative estimate of drug-likeness (QED) is 0.892. The van der Waals surface area contributed by atoms with Crippen molar-refractivity contribution in [2.75, 3.05) is 19.8 Å². The van der Waals surface area contributed by atoms with Crippen LogP contribution < -0.4 is 0 Å². The molecule has 2 fully saturated rings. The van der Waals surface area contributed by atoms with Crippen molar-refractivity contribution >= 4 is 10.0 Å². The smallest absolute Gasteiger partial charge is 0.243 e. The molecule has 1 N–H and O–H groups in total. The molecule has 0 amide bonds. The number of ether oxygens (including phenoxy) is 1. The van der Waals surface area contributed by atoms with Gasteiger partial charge in [0.1, 0.15) is 0 Å². The van der Waals surface area contributed by atoms with E-state index in [0.29, 0.717) is 38.2 Å². The molecule has 0 bridgehead atoms. The molecule has 1 aromatic carbocycles. The lowest BCUT2D eigenvalue weighted by Gasteiger charge is -2.42. The van der Waals surface area contributed by atoms with Gasteiger partial charge in [0.05, 0.1) is 28.7 Å². The lowest BCUT2D eigenvalue weighted by atomic mass is 9.80. The number of rotatable bonds is 3. The molecule has 0 aliphatic carbocycles. The minimum Gasteiger partial charge on any atom is -0.390 e. The van der Waals surface area contributed by atoms with Gasteiger partial charge in [-0.1, -0.05) is 6.07 Å². The van der Waals surface area contributed by atoms with E-state index < -0.39 is 15.6 Å². The van der Waals surface area contributed by atoms with E-state index in [-0.39, 0.29) is 16.9 Å². The third kappa shape index (κ3) is 3.07. The Kier molecular flexibility index (Phi) is 4.67. The van der Waals surface area contributed by atoms with Crippen molar-refractivity contribution in [1.82, 2.24) is 4.31 Å². The maximum absolute atomic E-state index is 13.1. The highest BCUT2D eigenvalue weighted by Crippen LogP contribution is 2.38. The van der Waals surface area contributed by atoms with Gasteiger partial charge in [0.2, 0.25) is 10.0 Å². The highest BCUT2D eigenvalue weighted by Gasteiger charge is 2.47. The van der Waals surface area contributed by atoms with Crippen LogP contribution in [0.1, 0.15) is 31.7 Å². The standard InChI is InChI=1S/C17H22N2O4S/c1-17(20)7-9-23-12-15(17)16-6-3-8-19(16)24(21,22)14-5-2-4-13(10-14)11-18/h2,4-5,10,15-16,20H,3,6-9,12H2,1H3/t15-,16-,17+/m1/s1. The summed E-state index contributed by atoms with van der Waals surface area (Å²) < 4.78 is 33.1. The Balaban J connectivity index is 1.93. The molecule has 0 radical (unpaired) electrons. The first-order valence-electron chi connectivity index (χ1n) is 8.18. The van der Waals surface area contributed by atoms with Gasteiger partial charge in [0, 0.05) is 25.1 Å². The van der Waals surface area contributed by atoms with Crippen molar-refractivity contribution in [3.05, 3.63) is 29.8 Å². The summed E-state index contributed by atoms with van der Waals surface area (Å²) in [6.07, 6.45) is 1.97. The average Bonchev–Trinajstić information content (AvgIpc) is 3.04. The second-order valence-electron chi connectivity index (χ2n) is 6.75. The first kappa shape index (κ1) is 17.4. The van der Waals surface area contributed by atoms with Gasteiger partial charge in [-0.3, -0.25) is 0 Å². The molecule has 0 unspecified atom stereocenters. The number of nitrogens with zero attached hydrogens (tertiary/aromatic N) is 2. The maximum atomic E-state index is 13.1. The number of sulfonamides is 1. The van der Waals surface area contributed by atoms with Crippen molar-refractivity contribution in [2.24, 2.45) is 5.92 Å². The van der Waals surface area contributed by atoms with Gasteiger partial charge >= 0.3 is 0 Å². The summed E-state index contributed by atoms with van der Waals surface area (Å²) in [6.45, 7) is 3.05. The topological polar surface area (TPSA) is 90.6 Å². The van der Waals surface area contributed by atoms with Crippen LogP contribution in [0.25, 0.3) is 0 Å². The van der Waals surface area contributed by atoms with E-state index in [0.717, 1.165) is 6.42 Å². The van der Waals surface area contributed by atoms with Crippen LogP contribution in [-0.4, -0.2) is 49.2 Å². The lowest BCUT2D eigenvalue weighted by Crippen LogP contribution is -2.53. The second-order valence-corrected chi connectivity index (χ2v) is 8.64. The highest BCUT2D eigenvalue weighted by molar-refractivity contribution is 7.89. The zero-order chi connectivity index (χ0) is 17.4. The summed E-state index contributed by atoms with van der Waals surface area (Å²) >= 11 is 0. The van der Waals surface area contributed by atoms with Gasteiger partial charge in [-0.05, 0) is 44.4 Å². The zero-order valence-electron chi connectivity index (χ0n) is 13.7. The predicted octanol–water partition coefficient (Wildman–Crippen LogP) is 1.50. The number of aliphatic hydroxyl groups is 1. The third-order valence-corrected chi connectivity index (χ3v) is 7.05. The van der Waals surface area contributed by atoms with Gasteiger partial charge in [0.25, 0.3) is 0 Å². The first-order chi connectivity index (χ1) is 11.4. The van der Waals surface area contributed by atoms with Gasteiger partial charge in [0.15, 0.2) is 0 Å². The summed E-state index contributed by atoms with van der Waals surface area (Å²) in [5, 5.41) is 19.7. The largest absolute Gasteiger partial charge is 0.390 e. The number of benzene rings is 1. The average molecular weight is 350 g/mol. The number of hydrogen-bond donors (Lipinski definition) is 1. The van der Waals surface area contributed by atoms with E-state index in [2.05, 4.69) is 0 Å². The second kappa shape index (κ2) is 6.45. The minimum absolute atomic E-state index is 0.129. The Labute approximate surface area is 142 Å². The Bertz CT molecular complexity index is 754. The first-order valence-corrected chi connectivity index (χ1v) is 9.62. The van der Waals surface area contributed by atoms with E-state index in [9.17, 15) is 13.5 Å². The molecule has 2 saturated heterocycles. The van der Waals surface area contributed by atoms with E-state index in [1.54, 1.807) is 19.1 Å². The van der Waals surface area contributed by atoms with E-state index in [4.69, 9.17) is 10.00 Å². The maximum Gasteiger partial charge on any atom is 0.243 e. The zero-order valence-corrected chi connectivity index (χ0v) is 14.5. The molecule has 0 aromatic heterocycles. The van der Waals surface area contributed by atoms with Crippen molar-refractivity contribution in [3.8, 4) is 6.07 Å². The van der Waals surface area contributed by atoms with Crippen molar-refractivity contribution in [2.45, 2.75) is 42.7 Å². The Hall–Kier alpha value is -1.46. The van der Waals surface area contributed by atoms with Crippen LogP contribution in [0.15, 0.2) is 29.2 Å². The fourth-order valence-electron chi connectivity index (χ4n) is 3.71. The lowest BCUT2D eigenvalue weighted by molar-refractivity contribution is -0.116. The molecule has 1 aromatic rings. The van der Waals surface area contributed by atoms with Gasteiger partial charge in [-0.25, -0.2) is 8.42 Å². The predicted molar refractivity (Wildman–Crippen MR) is 87.6 cm³/mol. The summed E-state index contributed by atoms with van der Waals surface area (Å²) in [6, 6.07) is 7.77. The fourth-order valence-corrected chi connectivity index (χ4v) is 5.48. The molecule has 3 atom stereocenters. The Morgan fingerprint density at radius 3 is 2.96 bits per heavy atom. The molecule has 6 nitrogen and oxygen atoms in total. The summed E-state index contributed by atoms with van der Waals surface area (Å²) in [7, 11) is -3.70. The molecule has 2 aliphatic rings. The number of hydrogen-bond acceptors (Lipinski definition) is 5. The Morgan fingerprint density at radius 1 is 1.46 bits per heavy atom. The third-order valence-electron chi connectivity index (χ3n) is 5.13. The normalized spacial score (nSPS) is 31.7. The minimum atomic E-state index is -3.70. The van der Waals surface area contributed by atoms with Crippen molar-refractivity contribution in [1.29, 1.82) is 5.26 Å². The fraction of sp³-hybridized carbons (Fsp3) is 0.588. The molecule has 3 rings (SSSR count). The van der Waals surface area contributed by atoms with Crippen molar-refractivity contribution < 1.29 is 18.3 Å². The van der Waals surface area contributed by atoms with Crippen LogP contribution in [0.2, 0.25) is 0 Å². The molecule has 7 heteroatoms. The van der Waals surface area contributed by atoms with Gasteiger partial charge in [-0.15, -0.1) is 0 Å². The molecule has 24 heavy (non-hydrogen) atoms. The van der Waals surface area contributed by atoms with E-state index in [1.807, 2.05) is 6.07 Å². The van der Waals surface area contributed by atoms with Crippen LogP contribution in [0.5, 0.6) is 0 Å². The molecule has 130 valence electrons. The molecule has 0 saturated carbocycles. The molecular weight excluding hydrogens is 328 g/mol. The summed E-state index contributed by atoms with van der Waals surface area (Å²) in [5.74, 6) is -0.248. The van der Waals surface area contributed by atoms with E-state index in [1.165, 1.54) is 16.4 Å². The van der Waals surface area contributed by atoms with Crippen molar-refractivity contribution in [3.63, 3.8) is 0 Å². The van der Waals surface area contributed by atoms with Crippen LogP contribution in [-0.2, 0) is 14.8 Å². The van der Waals surface area contributed by atoms with Gasteiger partial charge in [-0.2, -0.15) is 9.57 Å². The van der Waals surface area contributed by atoms with E-state index >= 15 is 0 Å². The summed E-state index contributed by atoms with van der Waals surface area (Å²) in [4.78, 5) is 0.129. The number of nitriles is 1. The monoisotopic (exact) mass is 350 g/mol. The SMILES string of the molecule is C[C@]1(O)CCOC[C@@H]1[C@H]1CCCN1S(=O)(=O)c1cccc(C#N)c1. The summed E-state index contributed by atoms with van der Waals surface area (Å²) in [5.41, 5.74) is -0.616. The van der Waals surface area contributed by atoms with Crippen LogP contribution in [0, 0.1) is 17.2 Å². The molecule has 2 heterocycles. The van der Waals surface area contributed by atoms with Crippen LogP contribution >= 0.6 is 0 Å². The van der Waals surface area contributed by atoms with Crippen LogP contribution in [0.4, 0.5) is 0 Å². The molecule has 0 spiro atoms. The highest BCUT2D eigenvalue weighted by atomic mass is 32.2. The Morgan fingerprint density at radius 2 is 2.25 bits per heavy atom.